The molecule has 102 valence electrons. The summed E-state index contributed by atoms with van der Waals surface area (Å²) in [5, 5.41) is 9.93. The summed E-state index contributed by atoms with van der Waals surface area (Å²) in [6.07, 6.45) is -0.531. The molecule has 0 amide bonds. The first-order chi connectivity index (χ1) is 8.38. The van der Waals surface area contributed by atoms with Crippen molar-refractivity contribution in [3.8, 4) is 11.5 Å². The van der Waals surface area contributed by atoms with E-state index < -0.39 is 6.10 Å². The standard InChI is InChI=1S/C14H23NO3/c1-14(2,3)13(16)9-18-11-6-5-10(8-15)7-12(11)17-4/h5-7,13,16H,8-9,15H2,1-4H3. The Labute approximate surface area is 109 Å². The smallest absolute Gasteiger partial charge is 0.161 e. The molecule has 0 radical (unpaired) electrons. The number of benzene rings is 1. The van der Waals surface area contributed by atoms with E-state index in [1.165, 1.54) is 0 Å². The van der Waals surface area contributed by atoms with Gasteiger partial charge >= 0.3 is 0 Å². The molecule has 4 heteroatoms. The van der Waals surface area contributed by atoms with E-state index in [-0.39, 0.29) is 12.0 Å². The predicted molar refractivity (Wildman–Crippen MR) is 71.8 cm³/mol. The van der Waals surface area contributed by atoms with E-state index in [2.05, 4.69) is 0 Å². The highest BCUT2D eigenvalue weighted by atomic mass is 16.5. The van der Waals surface area contributed by atoms with Gasteiger partial charge in [-0.05, 0) is 23.1 Å². The fraction of sp³-hybridized carbons (Fsp3) is 0.571. The van der Waals surface area contributed by atoms with Gasteiger partial charge in [0.15, 0.2) is 11.5 Å². The monoisotopic (exact) mass is 253 g/mol. The van der Waals surface area contributed by atoms with Gasteiger partial charge in [-0.2, -0.15) is 0 Å². The van der Waals surface area contributed by atoms with E-state index in [1.807, 2.05) is 39.0 Å². The Morgan fingerprint density at radius 1 is 1.28 bits per heavy atom. The van der Waals surface area contributed by atoms with Crippen LogP contribution in [0, 0.1) is 5.41 Å². The van der Waals surface area contributed by atoms with Crippen LogP contribution in [0.25, 0.3) is 0 Å². The first-order valence-corrected chi connectivity index (χ1v) is 6.06. The Balaban J connectivity index is 2.73. The number of nitrogens with two attached hydrogens (primary N) is 1. The largest absolute Gasteiger partial charge is 0.493 e. The van der Waals surface area contributed by atoms with Gasteiger partial charge in [0.2, 0.25) is 0 Å². The lowest BCUT2D eigenvalue weighted by Gasteiger charge is -2.26. The topological polar surface area (TPSA) is 64.7 Å². The van der Waals surface area contributed by atoms with Crippen LogP contribution in [-0.4, -0.2) is 24.9 Å². The molecule has 0 saturated heterocycles. The Morgan fingerprint density at radius 3 is 2.44 bits per heavy atom. The lowest BCUT2D eigenvalue weighted by molar-refractivity contribution is 0.0211. The number of methoxy groups -OCH3 is 1. The molecule has 1 atom stereocenters. The normalized spacial score (nSPS) is 13.2. The molecule has 3 N–H and O–H groups in total. The van der Waals surface area contributed by atoms with Crippen molar-refractivity contribution in [3.63, 3.8) is 0 Å². The second-order valence-electron chi connectivity index (χ2n) is 5.38. The molecule has 1 unspecified atom stereocenters. The van der Waals surface area contributed by atoms with E-state index in [0.29, 0.717) is 18.0 Å². The van der Waals surface area contributed by atoms with Crippen LogP contribution >= 0.6 is 0 Å². The maximum atomic E-state index is 9.93. The maximum Gasteiger partial charge on any atom is 0.161 e. The van der Waals surface area contributed by atoms with Crippen LogP contribution in [0.15, 0.2) is 18.2 Å². The Hall–Kier alpha value is -1.26. The molecule has 18 heavy (non-hydrogen) atoms. The zero-order valence-electron chi connectivity index (χ0n) is 11.6. The average Bonchev–Trinajstić information content (AvgIpc) is 2.34. The number of aliphatic hydroxyl groups excluding tert-OH is 1. The van der Waals surface area contributed by atoms with E-state index in [4.69, 9.17) is 15.2 Å². The van der Waals surface area contributed by atoms with E-state index in [0.717, 1.165) is 5.56 Å². The maximum absolute atomic E-state index is 9.93. The van der Waals surface area contributed by atoms with E-state index in [1.54, 1.807) is 7.11 Å². The highest BCUT2D eigenvalue weighted by Gasteiger charge is 2.23. The number of hydrogen-bond donors (Lipinski definition) is 2. The summed E-state index contributed by atoms with van der Waals surface area (Å²) in [5.74, 6) is 1.26. The minimum atomic E-state index is -0.531. The van der Waals surface area contributed by atoms with Crippen LogP contribution in [-0.2, 0) is 6.54 Å². The number of aliphatic hydroxyl groups is 1. The minimum Gasteiger partial charge on any atom is -0.493 e. The fourth-order valence-corrected chi connectivity index (χ4v) is 1.38. The number of hydrogen-bond acceptors (Lipinski definition) is 4. The summed E-state index contributed by atoms with van der Waals surface area (Å²) < 4.78 is 10.8. The molecule has 1 aromatic rings. The van der Waals surface area contributed by atoms with Gasteiger partial charge in [0.05, 0.1) is 13.2 Å². The SMILES string of the molecule is COc1cc(CN)ccc1OCC(O)C(C)(C)C. The molecule has 1 rings (SSSR count). The summed E-state index contributed by atoms with van der Waals surface area (Å²) in [5.41, 5.74) is 6.34. The lowest BCUT2D eigenvalue weighted by atomic mass is 9.90. The van der Waals surface area contributed by atoms with E-state index in [9.17, 15) is 5.11 Å². The van der Waals surface area contributed by atoms with Crippen molar-refractivity contribution in [2.75, 3.05) is 13.7 Å². The molecule has 1 aromatic carbocycles. The van der Waals surface area contributed by atoms with Gasteiger partial charge in [0, 0.05) is 6.54 Å². The van der Waals surface area contributed by atoms with Gasteiger partial charge in [-0.25, -0.2) is 0 Å². The molecule has 0 fully saturated rings. The van der Waals surface area contributed by atoms with Crippen molar-refractivity contribution in [2.45, 2.75) is 33.4 Å². The third-order valence-electron chi connectivity index (χ3n) is 2.86. The first-order valence-electron chi connectivity index (χ1n) is 6.06. The van der Waals surface area contributed by atoms with Crippen molar-refractivity contribution in [1.29, 1.82) is 0 Å². The summed E-state index contributed by atoms with van der Waals surface area (Å²) in [6, 6.07) is 5.55. The summed E-state index contributed by atoms with van der Waals surface area (Å²) in [6.45, 7) is 6.60. The summed E-state index contributed by atoms with van der Waals surface area (Å²) in [7, 11) is 1.59. The van der Waals surface area contributed by atoms with Crippen molar-refractivity contribution >= 4 is 0 Å². The number of rotatable bonds is 5. The van der Waals surface area contributed by atoms with Gasteiger partial charge in [-0.3, -0.25) is 0 Å². The highest BCUT2D eigenvalue weighted by molar-refractivity contribution is 5.42. The molecule has 0 saturated carbocycles. The molecule has 0 aliphatic rings. The minimum absolute atomic E-state index is 0.204. The molecule has 4 nitrogen and oxygen atoms in total. The van der Waals surface area contributed by atoms with E-state index >= 15 is 0 Å². The third kappa shape index (κ3) is 3.89. The molecule has 0 spiro atoms. The average molecular weight is 253 g/mol. The van der Waals surface area contributed by atoms with Crippen molar-refractivity contribution in [2.24, 2.45) is 11.1 Å². The van der Waals surface area contributed by atoms with Crippen molar-refractivity contribution in [3.05, 3.63) is 23.8 Å². The Morgan fingerprint density at radius 2 is 1.94 bits per heavy atom. The number of ether oxygens (including phenoxy) is 2. The quantitative estimate of drug-likeness (QED) is 0.841. The second-order valence-corrected chi connectivity index (χ2v) is 5.38. The third-order valence-corrected chi connectivity index (χ3v) is 2.86. The van der Waals surface area contributed by atoms with Crippen LogP contribution < -0.4 is 15.2 Å². The van der Waals surface area contributed by atoms with Crippen LogP contribution in [0.3, 0.4) is 0 Å². The van der Waals surface area contributed by atoms with Crippen LogP contribution in [0.1, 0.15) is 26.3 Å². The van der Waals surface area contributed by atoms with Crippen molar-refractivity contribution < 1.29 is 14.6 Å². The van der Waals surface area contributed by atoms with Gasteiger partial charge in [0.25, 0.3) is 0 Å². The van der Waals surface area contributed by atoms with Crippen LogP contribution in [0.4, 0.5) is 0 Å². The molecular weight excluding hydrogens is 230 g/mol. The van der Waals surface area contributed by atoms with Crippen molar-refractivity contribution in [1.82, 2.24) is 0 Å². The summed E-state index contributed by atoms with van der Waals surface area (Å²) in [4.78, 5) is 0. The zero-order valence-corrected chi connectivity index (χ0v) is 11.6. The zero-order chi connectivity index (χ0) is 13.8. The molecular formula is C14H23NO3. The fourth-order valence-electron chi connectivity index (χ4n) is 1.38. The predicted octanol–water partition coefficient (Wildman–Crippen LogP) is 1.94. The van der Waals surface area contributed by atoms with Gasteiger partial charge in [-0.15, -0.1) is 0 Å². The Kier molecular flexibility index (Phi) is 4.99. The van der Waals surface area contributed by atoms with Crippen LogP contribution in [0.5, 0.6) is 11.5 Å². The lowest BCUT2D eigenvalue weighted by Crippen LogP contribution is -2.32. The molecule has 0 heterocycles. The molecule has 0 aliphatic carbocycles. The molecule has 0 aromatic heterocycles. The molecule has 0 bridgehead atoms. The highest BCUT2D eigenvalue weighted by Crippen LogP contribution is 2.29. The summed E-state index contributed by atoms with van der Waals surface area (Å²) >= 11 is 0. The van der Waals surface area contributed by atoms with Gasteiger partial charge < -0.3 is 20.3 Å². The Bertz CT molecular complexity index is 385. The van der Waals surface area contributed by atoms with Crippen LogP contribution in [0.2, 0.25) is 0 Å². The first kappa shape index (κ1) is 14.8. The molecule has 0 aliphatic heterocycles. The second kappa shape index (κ2) is 6.07. The van der Waals surface area contributed by atoms with Gasteiger partial charge in [0.1, 0.15) is 6.61 Å². The van der Waals surface area contributed by atoms with Gasteiger partial charge in [-0.1, -0.05) is 26.8 Å².